The molecule has 0 aromatic heterocycles. The lowest BCUT2D eigenvalue weighted by molar-refractivity contribution is -0.142. The first-order valence-corrected chi connectivity index (χ1v) is 37.1. The first kappa shape index (κ1) is 80.2. The van der Waals surface area contributed by atoms with Gasteiger partial charge < -0.3 is 44.7 Å². The van der Waals surface area contributed by atoms with Gasteiger partial charge in [0.2, 0.25) is 41.4 Å². The van der Waals surface area contributed by atoms with E-state index in [-0.39, 0.29) is 151 Å². The maximum absolute atomic E-state index is 15.3. The molecular weight excluding hydrogens is 1310 g/mol. The number of carboxylic acid groups (broad SMARTS) is 1. The molecule has 8 aromatic carbocycles. The second kappa shape index (κ2) is 41.1. The number of amides is 7. The molecule has 0 saturated heterocycles. The average Bonchev–Trinajstić information content (AvgIpc) is 0.839. The van der Waals surface area contributed by atoms with Crippen molar-refractivity contribution in [2.75, 3.05) is 52.4 Å². The van der Waals surface area contributed by atoms with Crippen LogP contribution in [-0.4, -0.2) is 139 Å². The minimum atomic E-state index is -1.03. The van der Waals surface area contributed by atoms with Gasteiger partial charge in [-0.15, -0.1) is 0 Å². The van der Waals surface area contributed by atoms with Crippen molar-refractivity contribution >= 4 is 47.3 Å². The van der Waals surface area contributed by atoms with Gasteiger partial charge in [0, 0.05) is 103 Å². The number of carbonyl (C=O) groups excluding carboxylic acids is 7. The molecule has 7 amide bonds. The van der Waals surface area contributed by atoms with Crippen molar-refractivity contribution in [3.8, 4) is 0 Å². The Hall–Kier alpha value is -10.5. The number of hydrogen-bond donors (Lipinski definition) is 2. The number of hydrogen-bond acceptors (Lipinski definition) is 9. The SMILES string of the molecule is C[C@H](NCCC(=O)N(CCC(=O)N(CCC(=O)N(CCC(=O)N(CCC(=O)N(CCC(=O)N(CCC(=O)N(CCC(=O)O)[C@@H](C)c1ccccc1)[C@@H](C)c1ccccc1)[C@@H](C)c1ccccc1)[C@@H](C)c1ccccc1)[C@@H](C)c1ccccc1)[C@@H](C)c1ccccc1)[C@@H](C)c1ccccc1)c1ccccc1. The molecule has 8 atom stereocenters. The van der Waals surface area contributed by atoms with E-state index < -0.39 is 42.2 Å². The third-order valence-electron chi connectivity index (χ3n) is 20.5. The van der Waals surface area contributed by atoms with Gasteiger partial charge in [0.05, 0.1) is 48.7 Å². The highest BCUT2D eigenvalue weighted by molar-refractivity contribution is 5.84. The van der Waals surface area contributed by atoms with E-state index in [0.29, 0.717) is 6.54 Å². The molecule has 0 fully saturated rings. The zero-order chi connectivity index (χ0) is 75.2. The fourth-order valence-electron chi connectivity index (χ4n) is 13.9. The van der Waals surface area contributed by atoms with Crippen molar-refractivity contribution in [2.45, 2.75) is 155 Å². The van der Waals surface area contributed by atoms with Crippen molar-refractivity contribution < 1.29 is 43.5 Å². The number of rotatable bonds is 40. The molecule has 17 nitrogen and oxygen atoms in total. The van der Waals surface area contributed by atoms with Crippen molar-refractivity contribution in [1.82, 2.24) is 39.6 Å². The average molecular weight is 1420 g/mol. The Morgan fingerprint density at radius 1 is 0.238 bits per heavy atom. The van der Waals surface area contributed by atoms with E-state index in [2.05, 4.69) is 24.4 Å². The van der Waals surface area contributed by atoms with E-state index >= 15 is 19.2 Å². The predicted molar refractivity (Wildman–Crippen MR) is 413 cm³/mol. The van der Waals surface area contributed by atoms with Crippen molar-refractivity contribution in [3.63, 3.8) is 0 Å². The van der Waals surface area contributed by atoms with E-state index in [0.717, 1.165) is 44.5 Å². The van der Waals surface area contributed by atoms with Crippen LogP contribution in [0.4, 0.5) is 0 Å². The van der Waals surface area contributed by atoms with E-state index in [9.17, 15) is 24.3 Å². The number of carbonyl (C=O) groups is 8. The maximum atomic E-state index is 15.3. The minimum absolute atomic E-state index is 0.00419. The number of carboxylic acids is 1. The largest absolute Gasteiger partial charge is 0.481 e. The summed E-state index contributed by atoms with van der Waals surface area (Å²) in [5.74, 6) is -2.76. The molecule has 105 heavy (non-hydrogen) atoms. The molecule has 0 spiro atoms. The predicted octanol–water partition coefficient (Wildman–Crippen LogP) is 15.7. The highest BCUT2D eigenvalue weighted by Crippen LogP contribution is 2.31. The number of benzene rings is 8. The highest BCUT2D eigenvalue weighted by atomic mass is 16.4. The van der Waals surface area contributed by atoms with Crippen LogP contribution >= 0.6 is 0 Å². The van der Waals surface area contributed by atoms with E-state index in [1.165, 1.54) is 0 Å². The van der Waals surface area contributed by atoms with Crippen molar-refractivity contribution in [3.05, 3.63) is 287 Å². The summed E-state index contributed by atoms with van der Waals surface area (Å²) in [5.41, 5.74) is 7.19. The quantitative estimate of drug-likeness (QED) is 0.0373. The van der Waals surface area contributed by atoms with Crippen LogP contribution in [0.3, 0.4) is 0 Å². The Balaban J connectivity index is 1.00. The Morgan fingerprint density at radius 3 is 0.562 bits per heavy atom. The zero-order valence-electron chi connectivity index (χ0n) is 62.4. The van der Waals surface area contributed by atoms with Gasteiger partial charge >= 0.3 is 5.97 Å². The molecule has 2 N–H and O–H groups in total. The minimum Gasteiger partial charge on any atom is -0.481 e. The molecule has 0 radical (unpaired) electrons. The summed E-state index contributed by atoms with van der Waals surface area (Å²) in [6, 6.07) is 74.1. The van der Waals surface area contributed by atoms with Crippen LogP contribution in [0.25, 0.3) is 0 Å². The van der Waals surface area contributed by atoms with Gasteiger partial charge in [0.1, 0.15) is 0 Å². The van der Waals surface area contributed by atoms with Crippen LogP contribution in [-0.2, 0) is 38.4 Å². The van der Waals surface area contributed by atoms with Gasteiger partial charge in [0.15, 0.2) is 0 Å². The molecule has 0 aliphatic carbocycles. The molecule has 0 aliphatic rings. The van der Waals surface area contributed by atoms with Crippen molar-refractivity contribution in [2.24, 2.45) is 0 Å². The Morgan fingerprint density at radius 2 is 0.390 bits per heavy atom. The lowest BCUT2D eigenvalue weighted by Crippen LogP contribution is -2.44. The Kier molecular flexibility index (Phi) is 31.4. The summed E-state index contributed by atoms with van der Waals surface area (Å²) >= 11 is 0. The van der Waals surface area contributed by atoms with Gasteiger partial charge in [0.25, 0.3) is 0 Å². The lowest BCUT2D eigenvalue weighted by Gasteiger charge is -2.36. The molecule has 0 heterocycles. The number of nitrogens with zero attached hydrogens (tertiary/aromatic N) is 7. The fraction of sp³-hybridized carbons (Fsp3) is 0.364. The number of aliphatic carboxylic acids is 1. The van der Waals surface area contributed by atoms with Crippen molar-refractivity contribution in [1.29, 1.82) is 0 Å². The van der Waals surface area contributed by atoms with Gasteiger partial charge in [-0.05, 0) is 99.9 Å². The van der Waals surface area contributed by atoms with Crippen LogP contribution in [0.2, 0.25) is 0 Å². The Bertz CT molecular complexity index is 3990. The summed E-state index contributed by atoms with van der Waals surface area (Å²) in [6.45, 7) is 16.3. The molecule has 0 bridgehead atoms. The lowest BCUT2D eigenvalue weighted by atomic mass is 10.0. The molecule has 17 heteroatoms. The normalized spacial score (nSPS) is 13.4. The molecule has 8 aromatic rings. The van der Waals surface area contributed by atoms with E-state index in [4.69, 9.17) is 0 Å². The molecule has 552 valence electrons. The van der Waals surface area contributed by atoms with Crippen LogP contribution < -0.4 is 5.32 Å². The monoisotopic (exact) mass is 1420 g/mol. The summed E-state index contributed by atoms with van der Waals surface area (Å²) < 4.78 is 0. The van der Waals surface area contributed by atoms with Gasteiger partial charge in [-0.2, -0.15) is 0 Å². The first-order valence-electron chi connectivity index (χ1n) is 37.1. The summed E-state index contributed by atoms with van der Waals surface area (Å²) in [4.78, 5) is 128. The molecule has 0 aliphatic heterocycles. The maximum Gasteiger partial charge on any atom is 0.305 e. The van der Waals surface area contributed by atoms with Crippen LogP contribution in [0, 0.1) is 0 Å². The van der Waals surface area contributed by atoms with Gasteiger partial charge in [-0.25, -0.2) is 0 Å². The zero-order valence-corrected chi connectivity index (χ0v) is 62.4. The highest BCUT2D eigenvalue weighted by Gasteiger charge is 2.33. The molecule has 0 saturated carbocycles. The van der Waals surface area contributed by atoms with Crippen LogP contribution in [0.15, 0.2) is 243 Å². The second-order valence-corrected chi connectivity index (χ2v) is 27.2. The fourth-order valence-corrected chi connectivity index (χ4v) is 13.9. The third kappa shape index (κ3) is 23.5. The van der Waals surface area contributed by atoms with E-state index in [1.807, 2.05) is 279 Å². The summed E-state index contributed by atoms with van der Waals surface area (Å²) in [6.07, 6.45) is -0.468. The smallest absolute Gasteiger partial charge is 0.305 e. The summed E-state index contributed by atoms with van der Waals surface area (Å²) in [5, 5.41) is 13.2. The number of nitrogens with one attached hydrogen (secondary N) is 1. The summed E-state index contributed by atoms with van der Waals surface area (Å²) in [7, 11) is 0. The van der Waals surface area contributed by atoms with Gasteiger partial charge in [-0.3, -0.25) is 38.4 Å². The second-order valence-electron chi connectivity index (χ2n) is 27.2. The standard InChI is InChI=1S/C88H106N8O9/c1-65(73-33-17-9-18-34-73)89-57-49-81(97)90(66(2)74-35-19-10-20-36-74)58-50-82(98)91(67(3)75-37-21-11-22-38-75)59-51-83(99)92(68(4)76-39-23-12-24-40-76)60-52-84(100)93(69(5)77-41-25-13-26-42-77)61-53-85(101)94(70(6)78-43-27-14-28-44-78)62-54-86(102)95(71(7)79-45-29-15-30-46-79)63-55-87(103)96(64-56-88(104)105)72(8)80-47-31-16-32-48-80/h9-48,65-72,89H,49-64H2,1-8H3,(H,104,105)/t65-,66-,67-,68-,69-,70-,71-,72-/m0/s1. The topological polar surface area (TPSA) is 192 Å². The molecule has 0 unspecified atom stereocenters. The molecule has 8 rings (SSSR count). The third-order valence-corrected chi connectivity index (χ3v) is 20.5. The van der Waals surface area contributed by atoms with Gasteiger partial charge in [-0.1, -0.05) is 243 Å². The van der Waals surface area contributed by atoms with Crippen LogP contribution in [0.1, 0.15) is 200 Å². The molecular formula is C88H106N8O9. The van der Waals surface area contributed by atoms with Crippen LogP contribution in [0.5, 0.6) is 0 Å². The van der Waals surface area contributed by atoms with E-state index in [1.54, 1.807) is 34.3 Å². The Labute approximate surface area is 621 Å². The first-order chi connectivity index (χ1) is 50.7.